The molecule has 1 aromatic rings. The van der Waals surface area contributed by atoms with Gasteiger partial charge in [-0.15, -0.1) is 0 Å². The predicted octanol–water partition coefficient (Wildman–Crippen LogP) is 1.42. The Balaban J connectivity index is 2.18. The van der Waals surface area contributed by atoms with Crippen molar-refractivity contribution in [2.45, 2.75) is 6.04 Å². The fourth-order valence-electron chi connectivity index (χ4n) is 2.15. The summed E-state index contributed by atoms with van der Waals surface area (Å²) in [5, 5.41) is 12.8. The van der Waals surface area contributed by atoms with E-state index in [0.717, 1.165) is 31.7 Å². The van der Waals surface area contributed by atoms with E-state index in [1.807, 2.05) is 0 Å². The Kier molecular flexibility index (Phi) is 4.34. The molecule has 2 rings (SSSR count). The maximum atomic E-state index is 13.4. The Morgan fingerprint density at radius 3 is 2.71 bits per heavy atom. The van der Waals surface area contributed by atoms with Gasteiger partial charge in [-0.3, -0.25) is 4.90 Å². The number of hydrogen-bond donors (Lipinski definition) is 2. The summed E-state index contributed by atoms with van der Waals surface area (Å²) >= 11 is 5.65. The van der Waals surface area contributed by atoms with Crippen molar-refractivity contribution in [1.82, 2.24) is 10.2 Å². The number of nitrogens with one attached hydrogen (secondary N) is 1. The zero-order valence-corrected chi connectivity index (χ0v) is 10.3. The Labute approximate surface area is 105 Å². The second-order valence-electron chi connectivity index (χ2n) is 4.16. The van der Waals surface area contributed by atoms with Gasteiger partial charge in [-0.05, 0) is 17.7 Å². The van der Waals surface area contributed by atoms with Gasteiger partial charge < -0.3 is 10.4 Å². The highest BCUT2D eigenvalue weighted by Crippen LogP contribution is 2.24. The fourth-order valence-corrected chi connectivity index (χ4v) is 2.26. The second-order valence-corrected chi connectivity index (χ2v) is 4.57. The molecule has 0 unspecified atom stereocenters. The molecule has 0 radical (unpaired) electrons. The van der Waals surface area contributed by atoms with Gasteiger partial charge in [-0.25, -0.2) is 4.39 Å². The summed E-state index contributed by atoms with van der Waals surface area (Å²) in [5.74, 6) is -0.433. The highest BCUT2D eigenvalue weighted by atomic mass is 35.5. The van der Waals surface area contributed by atoms with Crippen molar-refractivity contribution < 1.29 is 9.50 Å². The average Bonchev–Trinajstić information content (AvgIpc) is 2.36. The predicted molar refractivity (Wildman–Crippen MR) is 65.7 cm³/mol. The van der Waals surface area contributed by atoms with Crippen LogP contribution in [-0.2, 0) is 0 Å². The van der Waals surface area contributed by atoms with Gasteiger partial charge in [0.25, 0.3) is 0 Å². The summed E-state index contributed by atoms with van der Waals surface area (Å²) in [4.78, 5) is 2.15. The van der Waals surface area contributed by atoms with E-state index < -0.39 is 5.82 Å². The number of aliphatic hydroxyl groups is 1. The quantitative estimate of drug-likeness (QED) is 0.861. The molecule has 1 heterocycles. The SMILES string of the molecule is OC[C@@H](c1ccc(Cl)c(F)c1)N1CCNCC1. The molecule has 1 saturated heterocycles. The molecule has 0 spiro atoms. The lowest BCUT2D eigenvalue weighted by molar-refractivity contribution is 0.110. The molecule has 94 valence electrons. The summed E-state index contributed by atoms with van der Waals surface area (Å²) in [6, 6.07) is 4.57. The van der Waals surface area contributed by atoms with Crippen molar-refractivity contribution in [1.29, 1.82) is 0 Å². The molecule has 1 atom stereocenters. The Morgan fingerprint density at radius 1 is 1.41 bits per heavy atom. The van der Waals surface area contributed by atoms with Crippen LogP contribution in [0.5, 0.6) is 0 Å². The van der Waals surface area contributed by atoms with Crippen LogP contribution in [0.4, 0.5) is 4.39 Å². The van der Waals surface area contributed by atoms with Gasteiger partial charge in [-0.1, -0.05) is 17.7 Å². The Hall–Kier alpha value is -0.680. The highest BCUT2D eigenvalue weighted by molar-refractivity contribution is 6.30. The molecule has 0 amide bonds. The summed E-state index contributed by atoms with van der Waals surface area (Å²) in [7, 11) is 0. The Morgan fingerprint density at radius 2 is 2.12 bits per heavy atom. The molecule has 1 fully saturated rings. The lowest BCUT2D eigenvalue weighted by Gasteiger charge is -2.34. The topological polar surface area (TPSA) is 35.5 Å². The third-order valence-corrected chi connectivity index (χ3v) is 3.40. The maximum absolute atomic E-state index is 13.4. The van der Waals surface area contributed by atoms with Crippen LogP contribution in [0.3, 0.4) is 0 Å². The summed E-state index contributed by atoms with van der Waals surface area (Å²) in [6.45, 7) is 3.49. The van der Waals surface area contributed by atoms with Gasteiger partial charge in [0.1, 0.15) is 5.82 Å². The monoisotopic (exact) mass is 258 g/mol. The van der Waals surface area contributed by atoms with E-state index >= 15 is 0 Å². The Bertz CT molecular complexity index is 383. The van der Waals surface area contributed by atoms with Gasteiger partial charge in [0, 0.05) is 26.2 Å². The summed E-state index contributed by atoms with van der Waals surface area (Å²) in [5.41, 5.74) is 0.774. The number of rotatable bonds is 3. The normalized spacial score (nSPS) is 19.2. The number of nitrogens with zero attached hydrogens (tertiary/aromatic N) is 1. The van der Waals surface area contributed by atoms with Crippen molar-refractivity contribution in [2.24, 2.45) is 0 Å². The molecular weight excluding hydrogens is 243 g/mol. The van der Waals surface area contributed by atoms with Crippen LogP contribution in [0.15, 0.2) is 18.2 Å². The van der Waals surface area contributed by atoms with Crippen molar-refractivity contribution in [2.75, 3.05) is 32.8 Å². The molecule has 3 nitrogen and oxygen atoms in total. The third kappa shape index (κ3) is 2.96. The maximum Gasteiger partial charge on any atom is 0.142 e. The van der Waals surface area contributed by atoms with Gasteiger partial charge in [-0.2, -0.15) is 0 Å². The molecule has 5 heteroatoms. The number of halogens is 2. The zero-order chi connectivity index (χ0) is 12.3. The fraction of sp³-hybridized carbons (Fsp3) is 0.500. The molecule has 17 heavy (non-hydrogen) atoms. The number of benzene rings is 1. The van der Waals surface area contributed by atoms with Crippen LogP contribution in [-0.4, -0.2) is 42.8 Å². The standard InChI is InChI=1S/C12H16ClFN2O/c13-10-2-1-9(7-11(10)14)12(8-17)16-5-3-15-4-6-16/h1-2,7,12,15,17H,3-6,8H2/t12-/m0/s1. The lowest BCUT2D eigenvalue weighted by Crippen LogP contribution is -2.46. The van der Waals surface area contributed by atoms with Crippen LogP contribution in [0.2, 0.25) is 5.02 Å². The van der Waals surface area contributed by atoms with Gasteiger partial charge in [0.2, 0.25) is 0 Å². The molecule has 0 aromatic heterocycles. The highest BCUT2D eigenvalue weighted by Gasteiger charge is 2.21. The molecular formula is C12H16ClFN2O. The van der Waals surface area contributed by atoms with E-state index in [1.54, 1.807) is 6.07 Å². The molecule has 1 aromatic carbocycles. The van der Waals surface area contributed by atoms with Gasteiger partial charge >= 0.3 is 0 Å². The summed E-state index contributed by atoms with van der Waals surface area (Å²) < 4.78 is 13.4. The van der Waals surface area contributed by atoms with Crippen molar-refractivity contribution in [3.63, 3.8) is 0 Å². The lowest BCUT2D eigenvalue weighted by atomic mass is 10.1. The third-order valence-electron chi connectivity index (χ3n) is 3.09. The first-order chi connectivity index (χ1) is 8.22. The smallest absolute Gasteiger partial charge is 0.142 e. The molecule has 0 aliphatic carbocycles. The van der Waals surface area contributed by atoms with Crippen molar-refractivity contribution in [3.05, 3.63) is 34.6 Å². The summed E-state index contributed by atoms with van der Waals surface area (Å²) in [6.07, 6.45) is 0. The zero-order valence-electron chi connectivity index (χ0n) is 9.50. The van der Waals surface area contributed by atoms with E-state index in [2.05, 4.69) is 10.2 Å². The molecule has 0 bridgehead atoms. The molecule has 0 saturated carbocycles. The minimum atomic E-state index is -0.433. The first kappa shape index (κ1) is 12.8. The molecule has 1 aliphatic heterocycles. The largest absolute Gasteiger partial charge is 0.394 e. The van der Waals surface area contributed by atoms with E-state index in [0.29, 0.717) is 0 Å². The van der Waals surface area contributed by atoms with Crippen LogP contribution in [0.25, 0.3) is 0 Å². The van der Waals surface area contributed by atoms with Crippen LogP contribution in [0, 0.1) is 5.82 Å². The average molecular weight is 259 g/mol. The van der Waals surface area contributed by atoms with Crippen molar-refractivity contribution in [3.8, 4) is 0 Å². The van der Waals surface area contributed by atoms with Crippen LogP contribution >= 0.6 is 11.6 Å². The van der Waals surface area contributed by atoms with E-state index in [-0.39, 0.29) is 17.7 Å². The van der Waals surface area contributed by atoms with Crippen molar-refractivity contribution >= 4 is 11.6 Å². The minimum Gasteiger partial charge on any atom is -0.394 e. The van der Waals surface area contributed by atoms with Gasteiger partial charge in [0.05, 0.1) is 17.7 Å². The van der Waals surface area contributed by atoms with Crippen LogP contribution in [0.1, 0.15) is 11.6 Å². The number of hydrogen-bond acceptors (Lipinski definition) is 3. The number of aliphatic hydroxyl groups excluding tert-OH is 1. The minimum absolute atomic E-state index is 0.0128. The second kappa shape index (κ2) is 5.78. The first-order valence-electron chi connectivity index (χ1n) is 5.73. The molecule has 2 N–H and O–H groups in total. The molecule has 1 aliphatic rings. The first-order valence-corrected chi connectivity index (χ1v) is 6.10. The number of piperazine rings is 1. The van der Waals surface area contributed by atoms with Gasteiger partial charge in [0.15, 0.2) is 0 Å². The van der Waals surface area contributed by atoms with Crippen LogP contribution < -0.4 is 5.32 Å². The van der Waals surface area contributed by atoms with E-state index in [9.17, 15) is 9.50 Å². The van der Waals surface area contributed by atoms with E-state index in [4.69, 9.17) is 11.6 Å². The van der Waals surface area contributed by atoms with E-state index in [1.165, 1.54) is 12.1 Å².